The first kappa shape index (κ1) is 7.57. The summed E-state index contributed by atoms with van der Waals surface area (Å²) in [6.45, 7) is 0. The number of rotatable bonds is 2. The summed E-state index contributed by atoms with van der Waals surface area (Å²) >= 11 is 0. The minimum Gasteiger partial charge on any atom is -0.321 e. The Balaban J connectivity index is 2.78. The molecule has 1 aromatic rings. The van der Waals surface area contributed by atoms with E-state index in [1.807, 2.05) is 0 Å². The smallest absolute Gasteiger partial charge is 0.321 e. The van der Waals surface area contributed by atoms with E-state index in [1.54, 1.807) is 0 Å². The Morgan fingerprint density at radius 3 is 2.91 bits per heavy atom. The van der Waals surface area contributed by atoms with Crippen molar-refractivity contribution in [2.24, 2.45) is 5.73 Å². The molecule has 0 amide bonds. The molecule has 11 heavy (non-hydrogen) atoms. The van der Waals surface area contributed by atoms with Gasteiger partial charge in [0, 0.05) is 6.42 Å². The predicted molar refractivity (Wildman–Crippen MR) is 39.6 cm³/mol. The van der Waals surface area contributed by atoms with E-state index < -0.39 is 5.69 Å². The molecule has 5 nitrogen and oxygen atoms in total. The van der Waals surface area contributed by atoms with Gasteiger partial charge in [-0.05, 0) is 0 Å². The maximum atomic E-state index is 10.5. The molecule has 0 fully saturated rings. The van der Waals surface area contributed by atoms with Crippen LogP contribution in [0.3, 0.4) is 0 Å². The highest BCUT2D eigenvalue weighted by molar-refractivity contribution is 4.97. The third kappa shape index (κ3) is 1.69. The van der Waals surface area contributed by atoms with Gasteiger partial charge in [0.15, 0.2) is 0 Å². The van der Waals surface area contributed by atoms with Crippen molar-refractivity contribution >= 4 is 0 Å². The lowest BCUT2D eigenvalue weighted by Crippen LogP contribution is -2.12. The van der Waals surface area contributed by atoms with Crippen LogP contribution >= 0.6 is 0 Å². The van der Waals surface area contributed by atoms with Gasteiger partial charge < -0.3 is 5.73 Å². The van der Waals surface area contributed by atoms with E-state index in [9.17, 15) is 4.79 Å². The summed E-state index contributed by atoms with van der Waals surface area (Å²) in [5.74, 6) is 2.77. The fraction of sp³-hybridized carbons (Fsp3) is 0.333. The van der Waals surface area contributed by atoms with Gasteiger partial charge in [-0.25, -0.2) is 9.89 Å². The molecule has 1 unspecified atom stereocenters. The van der Waals surface area contributed by atoms with Crippen LogP contribution in [-0.4, -0.2) is 15.2 Å². The van der Waals surface area contributed by atoms with Crippen molar-refractivity contribution in [2.75, 3.05) is 0 Å². The molecule has 1 heterocycles. The van der Waals surface area contributed by atoms with Crippen LogP contribution < -0.4 is 11.4 Å². The standard InChI is InChI=1S/C6H8N4O/c1-2-3-4(7)5-8-6(11)10-9-5/h1,4H,3,7H2,(H2,8,9,10,11). The average Bonchev–Trinajstić information content (AvgIpc) is 2.36. The van der Waals surface area contributed by atoms with Crippen LogP contribution in [0, 0.1) is 12.3 Å². The Kier molecular flexibility index (Phi) is 2.09. The van der Waals surface area contributed by atoms with Crippen LogP contribution in [0.2, 0.25) is 0 Å². The number of nitrogens with zero attached hydrogens (tertiary/aromatic N) is 1. The molecule has 0 aromatic carbocycles. The lowest BCUT2D eigenvalue weighted by Gasteiger charge is -2.00. The Morgan fingerprint density at radius 2 is 2.45 bits per heavy atom. The Morgan fingerprint density at radius 1 is 1.73 bits per heavy atom. The van der Waals surface area contributed by atoms with Gasteiger partial charge in [0.25, 0.3) is 0 Å². The molecule has 0 saturated heterocycles. The number of H-pyrrole nitrogens is 2. The van der Waals surface area contributed by atoms with E-state index >= 15 is 0 Å². The highest BCUT2D eigenvalue weighted by Crippen LogP contribution is 2.03. The van der Waals surface area contributed by atoms with Gasteiger partial charge in [-0.15, -0.1) is 12.3 Å². The summed E-state index contributed by atoms with van der Waals surface area (Å²) in [6, 6.07) is -0.390. The van der Waals surface area contributed by atoms with Crippen molar-refractivity contribution in [1.29, 1.82) is 0 Å². The third-order valence-electron chi connectivity index (χ3n) is 1.21. The molecule has 0 bridgehead atoms. The minimum atomic E-state index is -0.438. The molecular formula is C6H8N4O. The summed E-state index contributed by atoms with van der Waals surface area (Å²) in [5.41, 5.74) is 5.09. The van der Waals surface area contributed by atoms with E-state index in [-0.39, 0.29) is 6.04 Å². The first-order valence-electron chi connectivity index (χ1n) is 3.07. The zero-order chi connectivity index (χ0) is 8.27. The number of nitrogens with two attached hydrogens (primary N) is 1. The highest BCUT2D eigenvalue weighted by Gasteiger charge is 2.07. The van der Waals surface area contributed by atoms with Gasteiger partial charge >= 0.3 is 5.69 Å². The first-order chi connectivity index (χ1) is 5.24. The van der Waals surface area contributed by atoms with Crippen molar-refractivity contribution in [1.82, 2.24) is 15.2 Å². The van der Waals surface area contributed by atoms with Crippen molar-refractivity contribution in [2.45, 2.75) is 12.5 Å². The number of aromatic amines is 2. The monoisotopic (exact) mass is 152 g/mol. The van der Waals surface area contributed by atoms with Gasteiger partial charge in [0.2, 0.25) is 0 Å². The molecule has 0 saturated carbocycles. The Hall–Kier alpha value is -1.54. The summed E-state index contributed by atoms with van der Waals surface area (Å²) < 4.78 is 0. The van der Waals surface area contributed by atoms with Gasteiger partial charge in [-0.3, -0.25) is 5.10 Å². The molecule has 4 N–H and O–H groups in total. The zero-order valence-electron chi connectivity index (χ0n) is 5.79. The van der Waals surface area contributed by atoms with Crippen LogP contribution in [0.15, 0.2) is 4.79 Å². The van der Waals surface area contributed by atoms with E-state index in [4.69, 9.17) is 12.2 Å². The van der Waals surface area contributed by atoms with Crippen LogP contribution in [0.5, 0.6) is 0 Å². The summed E-state index contributed by atoms with van der Waals surface area (Å²) in [7, 11) is 0. The summed E-state index contributed by atoms with van der Waals surface area (Å²) in [4.78, 5) is 14.0. The van der Waals surface area contributed by atoms with Crippen LogP contribution in [0.1, 0.15) is 18.3 Å². The molecule has 1 aromatic heterocycles. The highest BCUT2D eigenvalue weighted by atomic mass is 16.1. The quantitative estimate of drug-likeness (QED) is 0.481. The maximum Gasteiger partial charge on any atom is 0.361 e. The molecule has 0 aliphatic rings. The number of hydrogen-bond acceptors (Lipinski definition) is 3. The van der Waals surface area contributed by atoms with Crippen LogP contribution in [0.25, 0.3) is 0 Å². The topological polar surface area (TPSA) is 87.6 Å². The second-order valence-corrected chi connectivity index (χ2v) is 2.07. The number of hydrogen-bond donors (Lipinski definition) is 3. The minimum absolute atomic E-state index is 0.362. The summed E-state index contributed by atoms with van der Waals surface area (Å²) in [5, 5.41) is 4.79. The van der Waals surface area contributed by atoms with E-state index in [2.05, 4.69) is 21.1 Å². The van der Waals surface area contributed by atoms with E-state index in [0.29, 0.717) is 12.2 Å². The number of terminal acetylenes is 1. The lowest BCUT2D eigenvalue weighted by molar-refractivity contribution is 0.696. The molecule has 5 heteroatoms. The van der Waals surface area contributed by atoms with Crippen molar-refractivity contribution in [3.63, 3.8) is 0 Å². The first-order valence-corrected chi connectivity index (χ1v) is 3.07. The van der Waals surface area contributed by atoms with Gasteiger partial charge in [0.05, 0.1) is 6.04 Å². The average molecular weight is 152 g/mol. The van der Waals surface area contributed by atoms with Gasteiger partial charge in [0.1, 0.15) is 5.82 Å². The van der Waals surface area contributed by atoms with Crippen molar-refractivity contribution in [3.05, 3.63) is 16.3 Å². The van der Waals surface area contributed by atoms with Crippen LogP contribution in [0.4, 0.5) is 0 Å². The van der Waals surface area contributed by atoms with Gasteiger partial charge in [-0.2, -0.15) is 4.98 Å². The van der Waals surface area contributed by atoms with Crippen molar-refractivity contribution < 1.29 is 0 Å². The van der Waals surface area contributed by atoms with E-state index in [0.717, 1.165) is 0 Å². The molecule has 0 aliphatic heterocycles. The molecule has 0 radical (unpaired) electrons. The maximum absolute atomic E-state index is 10.5. The summed E-state index contributed by atoms with van der Waals surface area (Å²) in [6.07, 6.45) is 5.38. The molecule has 0 aliphatic carbocycles. The molecule has 1 atom stereocenters. The molecule has 1 rings (SSSR count). The largest absolute Gasteiger partial charge is 0.361 e. The fourth-order valence-corrected chi connectivity index (χ4v) is 0.682. The van der Waals surface area contributed by atoms with E-state index in [1.165, 1.54) is 0 Å². The lowest BCUT2D eigenvalue weighted by atomic mass is 10.2. The Bertz CT molecular complexity index is 318. The van der Waals surface area contributed by atoms with Gasteiger partial charge in [-0.1, -0.05) is 0 Å². The normalized spacial score (nSPS) is 12.4. The zero-order valence-corrected chi connectivity index (χ0v) is 5.79. The number of aromatic nitrogens is 3. The predicted octanol–water partition coefficient (Wildman–Crippen LogP) is -0.879. The second kappa shape index (κ2) is 3.03. The fourth-order valence-electron chi connectivity index (χ4n) is 0.682. The number of nitrogens with one attached hydrogen (secondary N) is 2. The van der Waals surface area contributed by atoms with Crippen molar-refractivity contribution in [3.8, 4) is 12.3 Å². The Labute approximate surface area is 63.0 Å². The third-order valence-corrected chi connectivity index (χ3v) is 1.21. The van der Waals surface area contributed by atoms with Crippen LogP contribution in [-0.2, 0) is 0 Å². The second-order valence-electron chi connectivity index (χ2n) is 2.07. The SMILES string of the molecule is C#CCC(N)c1nc(=O)[nH][nH]1. The molecule has 58 valence electrons. The molecule has 0 spiro atoms. The molecular weight excluding hydrogens is 144 g/mol.